The molecule has 0 saturated heterocycles. The zero-order valence-corrected chi connectivity index (χ0v) is 12.5. The van der Waals surface area contributed by atoms with Crippen molar-refractivity contribution in [2.45, 2.75) is 38.7 Å². The lowest BCUT2D eigenvalue weighted by Gasteiger charge is -2.19. The molecule has 0 aromatic heterocycles. The van der Waals surface area contributed by atoms with Crippen LogP contribution >= 0.6 is 11.6 Å². The predicted octanol–water partition coefficient (Wildman–Crippen LogP) is 3.92. The summed E-state index contributed by atoms with van der Waals surface area (Å²) in [5.74, 6) is 0. The highest BCUT2D eigenvalue weighted by atomic mass is 35.5. The predicted molar refractivity (Wildman–Crippen MR) is 78.7 cm³/mol. The zero-order valence-electron chi connectivity index (χ0n) is 11.7. The molecule has 1 aromatic rings. The van der Waals surface area contributed by atoms with Crippen molar-refractivity contribution in [1.29, 1.82) is 0 Å². The first-order valence-electron chi connectivity index (χ1n) is 6.96. The van der Waals surface area contributed by atoms with Gasteiger partial charge in [0.2, 0.25) is 0 Å². The van der Waals surface area contributed by atoms with Crippen LogP contribution in [-0.2, 0) is 11.2 Å². The summed E-state index contributed by atoms with van der Waals surface area (Å²) in [4.78, 5) is 0. The summed E-state index contributed by atoms with van der Waals surface area (Å²) in [5.41, 5.74) is 1.07. The molecule has 0 aliphatic heterocycles. The van der Waals surface area contributed by atoms with Crippen molar-refractivity contribution in [3.8, 4) is 0 Å². The number of hydrogen-bond donors (Lipinski definition) is 1. The van der Waals surface area contributed by atoms with Crippen molar-refractivity contribution < 1.29 is 13.5 Å². The zero-order chi connectivity index (χ0) is 14.8. The van der Waals surface area contributed by atoms with Gasteiger partial charge in [-0.25, -0.2) is 8.78 Å². The van der Waals surface area contributed by atoms with E-state index in [1.165, 1.54) is 0 Å². The molecule has 20 heavy (non-hydrogen) atoms. The molecule has 0 heterocycles. The van der Waals surface area contributed by atoms with Gasteiger partial charge in [0.25, 0.3) is 6.43 Å². The monoisotopic (exact) mass is 305 g/mol. The maximum absolute atomic E-state index is 12.0. The molecule has 0 bridgehead atoms. The van der Waals surface area contributed by atoms with Crippen molar-refractivity contribution in [1.82, 2.24) is 5.32 Å². The van der Waals surface area contributed by atoms with Gasteiger partial charge < -0.3 is 10.1 Å². The highest BCUT2D eigenvalue weighted by Gasteiger charge is 2.11. The smallest absolute Gasteiger partial charge is 0.261 e. The Labute approximate surface area is 124 Å². The lowest BCUT2D eigenvalue weighted by Crippen LogP contribution is -2.33. The first-order chi connectivity index (χ1) is 9.63. The van der Waals surface area contributed by atoms with Gasteiger partial charge in [-0.15, -0.1) is 0 Å². The van der Waals surface area contributed by atoms with E-state index in [1.807, 2.05) is 24.3 Å². The first kappa shape index (κ1) is 17.3. The molecule has 0 radical (unpaired) electrons. The molecule has 0 fully saturated rings. The molecular weight excluding hydrogens is 284 g/mol. The first-order valence-corrected chi connectivity index (χ1v) is 7.34. The van der Waals surface area contributed by atoms with Gasteiger partial charge in [-0.05, 0) is 37.4 Å². The van der Waals surface area contributed by atoms with Crippen LogP contribution in [0.5, 0.6) is 0 Å². The van der Waals surface area contributed by atoms with E-state index in [1.54, 1.807) is 0 Å². The molecule has 0 saturated carbocycles. The summed E-state index contributed by atoms with van der Waals surface area (Å²) in [7, 11) is 0. The molecule has 0 amide bonds. The third kappa shape index (κ3) is 7.17. The van der Waals surface area contributed by atoms with Gasteiger partial charge in [0.15, 0.2) is 0 Å². The van der Waals surface area contributed by atoms with E-state index in [-0.39, 0.29) is 6.04 Å². The van der Waals surface area contributed by atoms with Crippen molar-refractivity contribution in [3.63, 3.8) is 0 Å². The maximum Gasteiger partial charge on any atom is 0.261 e. The molecule has 0 aliphatic rings. The summed E-state index contributed by atoms with van der Waals surface area (Å²) in [6.45, 7) is 2.82. The van der Waals surface area contributed by atoms with Crippen LogP contribution < -0.4 is 5.32 Å². The molecule has 1 unspecified atom stereocenters. The summed E-state index contributed by atoms with van der Waals surface area (Å²) in [6, 6.07) is 7.88. The summed E-state index contributed by atoms with van der Waals surface area (Å²) < 4.78 is 29.0. The Bertz CT molecular complexity index is 377. The number of halogens is 3. The Kier molecular flexibility index (Phi) is 8.74. The van der Waals surface area contributed by atoms with E-state index in [4.69, 9.17) is 16.3 Å². The lowest BCUT2D eigenvalue weighted by molar-refractivity contribution is 0.0144. The molecule has 1 rings (SSSR count). The van der Waals surface area contributed by atoms with Gasteiger partial charge in [-0.1, -0.05) is 36.7 Å². The van der Waals surface area contributed by atoms with Gasteiger partial charge in [-0.2, -0.15) is 0 Å². The van der Waals surface area contributed by atoms with Crippen LogP contribution in [0.15, 0.2) is 24.3 Å². The Morgan fingerprint density at radius 3 is 2.70 bits per heavy atom. The maximum atomic E-state index is 12.0. The summed E-state index contributed by atoms with van der Waals surface area (Å²) in [5, 5.41) is 4.15. The fourth-order valence-electron chi connectivity index (χ4n) is 1.95. The van der Waals surface area contributed by atoms with Crippen LogP contribution in [0.4, 0.5) is 8.78 Å². The minimum absolute atomic E-state index is 0.188. The van der Waals surface area contributed by atoms with Gasteiger partial charge in [0, 0.05) is 17.7 Å². The topological polar surface area (TPSA) is 21.3 Å². The fraction of sp³-hybridized carbons (Fsp3) is 0.600. The van der Waals surface area contributed by atoms with Crippen molar-refractivity contribution in [2.75, 3.05) is 19.8 Å². The normalized spacial score (nSPS) is 12.8. The molecule has 114 valence electrons. The van der Waals surface area contributed by atoms with E-state index in [0.717, 1.165) is 30.0 Å². The Morgan fingerprint density at radius 2 is 2.05 bits per heavy atom. The number of benzene rings is 1. The van der Waals surface area contributed by atoms with E-state index in [0.29, 0.717) is 13.0 Å². The van der Waals surface area contributed by atoms with Gasteiger partial charge in [-0.3, -0.25) is 0 Å². The lowest BCUT2D eigenvalue weighted by atomic mass is 10.0. The summed E-state index contributed by atoms with van der Waals surface area (Å²) >= 11 is 6.15. The van der Waals surface area contributed by atoms with Crippen LogP contribution in [0.25, 0.3) is 0 Å². The van der Waals surface area contributed by atoms with Crippen molar-refractivity contribution >= 4 is 11.6 Å². The standard InChI is InChI=1S/C15H22ClF2NO/c1-2-8-19-13(7-9-20-11-15(17)18)10-12-5-3-4-6-14(12)16/h3-6,13,15,19H,2,7-11H2,1H3. The Morgan fingerprint density at radius 1 is 1.30 bits per heavy atom. The molecule has 0 spiro atoms. The second-order valence-electron chi connectivity index (χ2n) is 4.70. The van der Waals surface area contributed by atoms with Crippen LogP contribution in [0.2, 0.25) is 5.02 Å². The van der Waals surface area contributed by atoms with E-state index in [9.17, 15) is 8.78 Å². The molecule has 0 aliphatic carbocycles. The van der Waals surface area contributed by atoms with Crippen LogP contribution in [0.3, 0.4) is 0 Å². The molecule has 1 N–H and O–H groups in total. The van der Waals surface area contributed by atoms with Crippen molar-refractivity contribution in [3.05, 3.63) is 34.9 Å². The van der Waals surface area contributed by atoms with Crippen LogP contribution in [0.1, 0.15) is 25.3 Å². The molecular formula is C15H22ClF2NO. The third-order valence-corrected chi connectivity index (χ3v) is 3.33. The number of nitrogens with one attached hydrogen (secondary N) is 1. The minimum Gasteiger partial charge on any atom is -0.375 e. The number of hydrogen-bond acceptors (Lipinski definition) is 2. The highest BCUT2D eigenvalue weighted by molar-refractivity contribution is 6.31. The minimum atomic E-state index is -2.40. The third-order valence-electron chi connectivity index (χ3n) is 2.96. The molecule has 1 aromatic carbocycles. The fourth-order valence-corrected chi connectivity index (χ4v) is 2.17. The quantitative estimate of drug-likeness (QED) is 0.662. The highest BCUT2D eigenvalue weighted by Crippen LogP contribution is 2.17. The van der Waals surface area contributed by atoms with Gasteiger partial charge >= 0.3 is 0 Å². The summed E-state index contributed by atoms with van der Waals surface area (Å²) in [6.07, 6.45) is 0.0904. The Hall–Kier alpha value is -0.710. The van der Waals surface area contributed by atoms with Gasteiger partial charge in [0.1, 0.15) is 6.61 Å². The average Bonchev–Trinajstić information content (AvgIpc) is 2.42. The van der Waals surface area contributed by atoms with E-state index in [2.05, 4.69) is 12.2 Å². The molecule has 1 atom stereocenters. The second-order valence-corrected chi connectivity index (χ2v) is 5.11. The average molecular weight is 306 g/mol. The SMILES string of the molecule is CCCNC(CCOCC(F)F)Cc1ccccc1Cl. The van der Waals surface area contributed by atoms with Crippen LogP contribution in [-0.4, -0.2) is 32.2 Å². The largest absolute Gasteiger partial charge is 0.375 e. The number of rotatable bonds is 10. The molecule has 5 heteroatoms. The van der Waals surface area contributed by atoms with Crippen LogP contribution in [0, 0.1) is 0 Å². The number of ether oxygens (including phenoxy) is 1. The van der Waals surface area contributed by atoms with Gasteiger partial charge in [0.05, 0.1) is 0 Å². The van der Waals surface area contributed by atoms with E-state index >= 15 is 0 Å². The second kappa shape index (κ2) is 10.1. The van der Waals surface area contributed by atoms with E-state index < -0.39 is 13.0 Å². The number of alkyl halides is 2. The Balaban J connectivity index is 2.45. The molecule has 2 nitrogen and oxygen atoms in total. The van der Waals surface area contributed by atoms with Crippen molar-refractivity contribution in [2.24, 2.45) is 0 Å².